The van der Waals surface area contributed by atoms with Gasteiger partial charge in [-0.3, -0.25) is 0 Å². The lowest BCUT2D eigenvalue weighted by atomic mass is 9.92. The topological polar surface area (TPSA) is 64.5 Å². The summed E-state index contributed by atoms with van der Waals surface area (Å²) in [5.41, 5.74) is 3.10. The van der Waals surface area contributed by atoms with Crippen LogP contribution in [-0.2, 0) is 4.74 Å². The minimum Gasteiger partial charge on any atom is -0.463 e. The first-order chi connectivity index (χ1) is 14.5. The zero-order chi connectivity index (χ0) is 20.7. The molecule has 3 fully saturated rings. The van der Waals surface area contributed by atoms with Crippen molar-refractivity contribution in [1.29, 1.82) is 0 Å². The number of benzene rings is 1. The molecule has 30 heavy (non-hydrogen) atoms. The number of aromatic nitrogens is 2. The van der Waals surface area contributed by atoms with Crippen molar-refractivity contribution in [3.63, 3.8) is 0 Å². The highest BCUT2D eigenvalue weighted by Gasteiger charge is 2.48. The minimum atomic E-state index is -0.210. The van der Waals surface area contributed by atoms with E-state index >= 15 is 0 Å². The number of carbonyl (C=O) groups is 1. The van der Waals surface area contributed by atoms with Gasteiger partial charge in [0.15, 0.2) is 0 Å². The number of amides is 1. The molecular formula is C24H29N3O3. The molecule has 0 spiro atoms. The number of hydrogen-bond acceptors (Lipinski definition) is 5. The van der Waals surface area contributed by atoms with E-state index < -0.39 is 0 Å². The van der Waals surface area contributed by atoms with Crippen LogP contribution in [0.25, 0.3) is 11.1 Å². The number of hydrogen-bond donors (Lipinski definition) is 0. The molecule has 2 saturated heterocycles. The van der Waals surface area contributed by atoms with Gasteiger partial charge >= 0.3 is 12.1 Å². The van der Waals surface area contributed by atoms with Crippen molar-refractivity contribution < 1.29 is 14.3 Å². The van der Waals surface area contributed by atoms with Gasteiger partial charge in [0, 0.05) is 30.0 Å². The van der Waals surface area contributed by atoms with Crippen LogP contribution in [0.3, 0.4) is 0 Å². The Bertz CT molecular complexity index is 894. The summed E-state index contributed by atoms with van der Waals surface area (Å²) in [6.45, 7) is 4.69. The molecular weight excluding hydrogens is 378 g/mol. The maximum Gasteiger partial charge on any atom is 0.410 e. The van der Waals surface area contributed by atoms with Gasteiger partial charge in [-0.15, -0.1) is 0 Å². The maximum atomic E-state index is 12.6. The fourth-order valence-electron chi connectivity index (χ4n) is 4.74. The van der Waals surface area contributed by atoms with Gasteiger partial charge in [-0.1, -0.05) is 29.8 Å². The molecule has 1 amide bonds. The van der Waals surface area contributed by atoms with Gasteiger partial charge in [0.05, 0.1) is 6.61 Å². The third kappa shape index (κ3) is 4.00. The first kappa shape index (κ1) is 19.3. The average Bonchev–Trinajstić information content (AvgIpc) is 3.40. The number of rotatable bonds is 5. The van der Waals surface area contributed by atoms with Crippen molar-refractivity contribution in [2.75, 3.05) is 6.61 Å². The molecule has 1 aromatic carbocycles. The van der Waals surface area contributed by atoms with E-state index in [0.29, 0.717) is 18.5 Å². The Labute approximate surface area is 177 Å². The zero-order valence-electron chi connectivity index (χ0n) is 17.7. The highest BCUT2D eigenvalue weighted by molar-refractivity contribution is 5.70. The highest BCUT2D eigenvalue weighted by atomic mass is 16.6. The molecule has 6 nitrogen and oxygen atoms in total. The first-order valence-corrected chi connectivity index (χ1v) is 11.0. The number of ether oxygens (including phenoxy) is 2. The molecule has 1 saturated carbocycles. The van der Waals surface area contributed by atoms with Gasteiger partial charge in [-0.05, 0) is 63.9 Å². The van der Waals surface area contributed by atoms with E-state index in [2.05, 4.69) is 41.2 Å². The van der Waals surface area contributed by atoms with E-state index in [4.69, 9.17) is 9.47 Å². The number of nitrogens with zero attached hydrogens (tertiary/aromatic N) is 3. The lowest BCUT2D eigenvalue weighted by Gasteiger charge is -2.38. The van der Waals surface area contributed by atoms with Crippen molar-refractivity contribution >= 4 is 6.09 Å². The highest BCUT2D eigenvalue weighted by Crippen LogP contribution is 2.43. The minimum absolute atomic E-state index is 0.114. The number of aryl methyl sites for hydroxylation is 1. The predicted octanol–water partition coefficient (Wildman–Crippen LogP) is 4.76. The smallest absolute Gasteiger partial charge is 0.410 e. The van der Waals surface area contributed by atoms with Gasteiger partial charge in [0.25, 0.3) is 0 Å². The van der Waals surface area contributed by atoms with E-state index in [0.717, 1.165) is 49.7 Å². The molecule has 158 valence electrons. The van der Waals surface area contributed by atoms with Gasteiger partial charge in [-0.25, -0.2) is 14.8 Å². The normalized spacial score (nSPS) is 26.3. The third-order valence-electron chi connectivity index (χ3n) is 6.79. The zero-order valence-corrected chi connectivity index (χ0v) is 17.7. The van der Waals surface area contributed by atoms with Gasteiger partial charge in [-0.2, -0.15) is 0 Å². The molecule has 3 aliphatic rings. The van der Waals surface area contributed by atoms with E-state index in [1.54, 1.807) is 0 Å². The monoisotopic (exact) mass is 407 g/mol. The molecule has 1 aromatic heterocycles. The van der Waals surface area contributed by atoms with Crippen LogP contribution >= 0.6 is 0 Å². The lowest BCUT2D eigenvalue weighted by molar-refractivity contribution is 0.0216. The molecule has 2 aromatic rings. The molecule has 6 heteroatoms. The average molecular weight is 408 g/mol. The summed E-state index contributed by atoms with van der Waals surface area (Å²) < 4.78 is 11.6. The van der Waals surface area contributed by atoms with Crippen LogP contribution in [0.15, 0.2) is 36.7 Å². The quantitative estimate of drug-likeness (QED) is 0.715. The van der Waals surface area contributed by atoms with Crippen LogP contribution in [0.1, 0.15) is 51.0 Å². The van der Waals surface area contributed by atoms with Crippen molar-refractivity contribution in [2.24, 2.45) is 5.92 Å². The molecule has 1 aliphatic carbocycles. The van der Waals surface area contributed by atoms with Gasteiger partial charge in [0.1, 0.15) is 5.60 Å². The number of carbonyl (C=O) groups excluding carboxylic acids is 1. The first-order valence-electron chi connectivity index (χ1n) is 11.0. The Morgan fingerprint density at radius 1 is 1.07 bits per heavy atom. The molecule has 0 unspecified atom stereocenters. The largest absolute Gasteiger partial charge is 0.463 e. The number of piperidine rings is 1. The Morgan fingerprint density at radius 3 is 2.30 bits per heavy atom. The Hall–Kier alpha value is -2.63. The maximum absolute atomic E-state index is 12.6. The summed E-state index contributed by atoms with van der Waals surface area (Å²) in [6, 6.07) is 9.29. The SMILES string of the molecule is Cc1ccc(-c2cnc(OCC3C[C@@H]4CC[C@@H](C3)N4C(=O)OC3(C)CC3)nc2)cc1. The Morgan fingerprint density at radius 2 is 1.70 bits per heavy atom. The summed E-state index contributed by atoms with van der Waals surface area (Å²) in [5, 5.41) is 0. The van der Waals surface area contributed by atoms with Crippen molar-refractivity contribution in [1.82, 2.24) is 14.9 Å². The molecule has 0 radical (unpaired) electrons. The Kier molecular flexibility index (Phi) is 4.88. The second-order valence-corrected chi connectivity index (χ2v) is 9.38. The fourth-order valence-corrected chi connectivity index (χ4v) is 4.74. The summed E-state index contributed by atoms with van der Waals surface area (Å²) in [5.74, 6) is 0.420. The van der Waals surface area contributed by atoms with E-state index in [-0.39, 0.29) is 23.8 Å². The predicted molar refractivity (Wildman–Crippen MR) is 113 cm³/mol. The van der Waals surface area contributed by atoms with Crippen LogP contribution in [0.5, 0.6) is 6.01 Å². The van der Waals surface area contributed by atoms with Crippen molar-refractivity contribution in [3.8, 4) is 17.1 Å². The van der Waals surface area contributed by atoms with Crippen LogP contribution in [0.4, 0.5) is 4.79 Å². The third-order valence-corrected chi connectivity index (χ3v) is 6.79. The standard InChI is InChI=1S/C24H29N3O3/c1-16-3-5-18(6-4-16)19-13-25-22(26-14-19)29-15-17-11-20-7-8-21(12-17)27(20)23(28)30-24(2)9-10-24/h3-6,13-14,17,20-21H,7-12,15H2,1-2H3/t20-,21-/m0/s1. The lowest BCUT2D eigenvalue weighted by Crippen LogP contribution is -2.48. The van der Waals surface area contributed by atoms with Crippen LogP contribution in [0.2, 0.25) is 0 Å². The molecule has 2 bridgehead atoms. The van der Waals surface area contributed by atoms with Crippen molar-refractivity contribution in [3.05, 3.63) is 42.2 Å². The van der Waals surface area contributed by atoms with Crippen LogP contribution in [-0.4, -0.2) is 45.3 Å². The second kappa shape index (κ2) is 7.56. The van der Waals surface area contributed by atoms with Crippen LogP contribution < -0.4 is 4.74 Å². The van der Waals surface area contributed by atoms with Crippen molar-refractivity contribution in [2.45, 2.75) is 70.1 Å². The molecule has 2 atom stereocenters. The summed E-state index contributed by atoms with van der Waals surface area (Å²) in [4.78, 5) is 23.4. The summed E-state index contributed by atoms with van der Waals surface area (Å²) in [7, 11) is 0. The summed E-state index contributed by atoms with van der Waals surface area (Å²) >= 11 is 0. The Balaban J connectivity index is 1.15. The van der Waals surface area contributed by atoms with Gasteiger partial charge < -0.3 is 14.4 Å². The molecule has 3 heterocycles. The molecule has 0 N–H and O–H groups in total. The second-order valence-electron chi connectivity index (χ2n) is 9.38. The molecule has 2 aliphatic heterocycles. The van der Waals surface area contributed by atoms with E-state index in [9.17, 15) is 4.79 Å². The fraction of sp³-hybridized carbons (Fsp3) is 0.542. The molecule has 5 rings (SSSR count). The van der Waals surface area contributed by atoms with Crippen LogP contribution in [0, 0.1) is 12.8 Å². The van der Waals surface area contributed by atoms with Gasteiger partial charge in [0.2, 0.25) is 0 Å². The van der Waals surface area contributed by atoms with E-state index in [1.165, 1.54) is 5.56 Å². The summed E-state index contributed by atoms with van der Waals surface area (Å²) in [6.07, 6.45) is 9.54. The van der Waals surface area contributed by atoms with E-state index in [1.807, 2.05) is 24.2 Å². The number of fused-ring (bicyclic) bond motifs is 2.